The number of carbonyl (C=O) groups is 2. The van der Waals surface area contributed by atoms with Crippen molar-refractivity contribution in [1.82, 2.24) is 4.90 Å². The highest BCUT2D eigenvalue weighted by molar-refractivity contribution is 9.10. The molecule has 0 bridgehead atoms. The monoisotopic (exact) mass is 378 g/mol. The molecule has 1 N–H and O–H groups in total. The van der Waals surface area contributed by atoms with Gasteiger partial charge in [-0.25, -0.2) is 0 Å². The zero-order chi connectivity index (χ0) is 16.5. The zero-order valence-electron chi connectivity index (χ0n) is 11.7. The third kappa shape index (κ3) is 3.60. The van der Waals surface area contributed by atoms with Crippen molar-refractivity contribution in [1.29, 1.82) is 0 Å². The van der Waals surface area contributed by atoms with E-state index in [1.54, 1.807) is 0 Å². The number of hydrogen-bond acceptors (Lipinski definition) is 2. The van der Waals surface area contributed by atoms with Crippen molar-refractivity contribution < 1.29 is 22.8 Å². The summed E-state index contributed by atoms with van der Waals surface area (Å²) < 4.78 is 38.4. The van der Waals surface area contributed by atoms with Gasteiger partial charge in [-0.05, 0) is 31.0 Å². The van der Waals surface area contributed by atoms with Gasteiger partial charge in [0.15, 0.2) is 0 Å². The van der Waals surface area contributed by atoms with Gasteiger partial charge in [-0.15, -0.1) is 0 Å². The van der Waals surface area contributed by atoms with Crippen molar-refractivity contribution in [2.75, 3.05) is 11.9 Å². The number of halogens is 4. The molecular weight excluding hydrogens is 365 g/mol. The van der Waals surface area contributed by atoms with E-state index in [0.717, 1.165) is 6.07 Å². The van der Waals surface area contributed by atoms with Crippen molar-refractivity contribution >= 4 is 33.4 Å². The van der Waals surface area contributed by atoms with E-state index in [-0.39, 0.29) is 16.1 Å². The van der Waals surface area contributed by atoms with Gasteiger partial charge in [-0.1, -0.05) is 15.9 Å². The molecule has 1 aliphatic rings. The molecule has 0 spiro atoms. The Kier molecular flexibility index (Phi) is 4.79. The number of alkyl halides is 3. The molecule has 1 saturated heterocycles. The van der Waals surface area contributed by atoms with Crippen LogP contribution in [0.5, 0.6) is 0 Å². The quantitative estimate of drug-likeness (QED) is 0.856. The molecule has 2 rings (SSSR count). The number of amides is 2. The number of carbonyl (C=O) groups excluding carboxylic acids is 2. The Labute approximate surface area is 133 Å². The molecule has 0 unspecified atom stereocenters. The lowest BCUT2D eigenvalue weighted by Gasteiger charge is -2.22. The Morgan fingerprint density at radius 3 is 2.64 bits per heavy atom. The molecule has 0 saturated carbocycles. The number of likely N-dealkylation sites (tertiary alicyclic amines) is 1. The minimum Gasteiger partial charge on any atom is -0.331 e. The van der Waals surface area contributed by atoms with Crippen LogP contribution >= 0.6 is 15.9 Å². The summed E-state index contributed by atoms with van der Waals surface area (Å²) in [5.74, 6) is -0.687. The Morgan fingerprint density at radius 1 is 1.36 bits per heavy atom. The van der Waals surface area contributed by atoms with Crippen molar-refractivity contribution in [3.05, 3.63) is 28.2 Å². The van der Waals surface area contributed by atoms with Crippen LogP contribution in [0.1, 0.15) is 25.3 Å². The van der Waals surface area contributed by atoms with E-state index in [0.29, 0.717) is 19.4 Å². The minimum absolute atomic E-state index is 0.0518. The molecule has 22 heavy (non-hydrogen) atoms. The van der Waals surface area contributed by atoms with Crippen LogP contribution < -0.4 is 5.32 Å². The summed E-state index contributed by atoms with van der Waals surface area (Å²) in [4.78, 5) is 25.0. The van der Waals surface area contributed by atoms with Crippen LogP contribution in [-0.4, -0.2) is 29.3 Å². The number of nitrogens with one attached hydrogen (secondary N) is 1. The maximum absolute atomic E-state index is 12.8. The maximum Gasteiger partial charge on any atom is 0.417 e. The number of anilines is 1. The normalized spacial score (nSPS) is 18.4. The first-order valence-corrected chi connectivity index (χ1v) is 7.44. The fourth-order valence-electron chi connectivity index (χ4n) is 2.46. The summed E-state index contributed by atoms with van der Waals surface area (Å²) in [6.07, 6.45) is -3.31. The molecule has 2 amide bonds. The summed E-state index contributed by atoms with van der Waals surface area (Å²) in [6, 6.07) is 2.85. The second-order valence-corrected chi connectivity index (χ2v) is 5.91. The Balaban J connectivity index is 2.17. The molecule has 0 aliphatic carbocycles. The Morgan fingerprint density at radius 2 is 2.05 bits per heavy atom. The van der Waals surface area contributed by atoms with Gasteiger partial charge in [0.05, 0.1) is 5.56 Å². The lowest BCUT2D eigenvalue weighted by molar-refractivity contribution is -0.138. The number of nitrogens with zero attached hydrogens (tertiary/aromatic N) is 1. The SMILES string of the molecule is CC(=O)N1CCC[C@H]1C(=O)Nc1ccc(Br)c(C(F)(F)F)c1. The molecule has 8 heteroatoms. The number of rotatable bonds is 2. The predicted molar refractivity (Wildman–Crippen MR) is 78.2 cm³/mol. The predicted octanol–water partition coefficient (Wildman–Crippen LogP) is 3.42. The van der Waals surface area contributed by atoms with E-state index in [4.69, 9.17) is 0 Å². The van der Waals surface area contributed by atoms with E-state index in [2.05, 4.69) is 21.2 Å². The van der Waals surface area contributed by atoms with E-state index >= 15 is 0 Å². The summed E-state index contributed by atoms with van der Waals surface area (Å²) in [5, 5.41) is 2.45. The maximum atomic E-state index is 12.8. The number of benzene rings is 1. The van der Waals surface area contributed by atoms with Crippen molar-refractivity contribution in [3.8, 4) is 0 Å². The summed E-state index contributed by atoms with van der Waals surface area (Å²) in [5.41, 5.74) is -0.809. The lowest BCUT2D eigenvalue weighted by Crippen LogP contribution is -2.42. The topological polar surface area (TPSA) is 49.4 Å². The van der Waals surface area contributed by atoms with Crippen LogP contribution in [0.3, 0.4) is 0 Å². The van der Waals surface area contributed by atoms with Gasteiger partial charge in [-0.2, -0.15) is 13.2 Å². The standard InChI is InChI=1S/C14H14BrF3N2O2/c1-8(21)20-6-2-3-12(20)13(22)19-9-4-5-11(15)10(7-9)14(16,17)18/h4-5,7,12H,2-3,6H2,1H3,(H,19,22)/t12-/m0/s1. The fraction of sp³-hybridized carbons (Fsp3) is 0.429. The van der Waals surface area contributed by atoms with Crippen LogP contribution in [0.25, 0.3) is 0 Å². The molecule has 1 aliphatic heterocycles. The van der Waals surface area contributed by atoms with Gasteiger partial charge in [0.25, 0.3) is 0 Å². The Bertz CT molecular complexity index is 604. The molecule has 1 aromatic carbocycles. The van der Waals surface area contributed by atoms with E-state index in [1.807, 2.05) is 0 Å². The summed E-state index contributed by atoms with van der Waals surface area (Å²) >= 11 is 2.84. The van der Waals surface area contributed by atoms with Crippen LogP contribution in [0, 0.1) is 0 Å². The Hall–Kier alpha value is -1.57. The van der Waals surface area contributed by atoms with Crippen molar-refractivity contribution in [3.63, 3.8) is 0 Å². The van der Waals surface area contributed by atoms with Crippen LogP contribution in [0.15, 0.2) is 22.7 Å². The van der Waals surface area contributed by atoms with Crippen molar-refractivity contribution in [2.24, 2.45) is 0 Å². The second kappa shape index (κ2) is 6.28. The van der Waals surface area contributed by atoms with Gasteiger partial charge in [0, 0.05) is 23.6 Å². The first-order valence-electron chi connectivity index (χ1n) is 6.65. The third-order valence-corrected chi connectivity index (χ3v) is 4.19. The second-order valence-electron chi connectivity index (χ2n) is 5.05. The summed E-state index contributed by atoms with van der Waals surface area (Å²) in [6.45, 7) is 1.86. The first kappa shape index (κ1) is 16.8. The minimum atomic E-state index is -4.52. The average molecular weight is 379 g/mol. The van der Waals surface area contributed by atoms with Gasteiger partial charge >= 0.3 is 6.18 Å². The molecular formula is C14H14BrF3N2O2. The largest absolute Gasteiger partial charge is 0.417 e. The van der Waals surface area contributed by atoms with Gasteiger partial charge in [0.2, 0.25) is 11.8 Å². The fourth-order valence-corrected chi connectivity index (χ4v) is 2.93. The van der Waals surface area contributed by atoms with Crippen molar-refractivity contribution in [2.45, 2.75) is 32.0 Å². The van der Waals surface area contributed by atoms with Crippen LogP contribution in [0.4, 0.5) is 18.9 Å². The van der Waals surface area contributed by atoms with Gasteiger partial charge < -0.3 is 10.2 Å². The molecule has 120 valence electrons. The van der Waals surface area contributed by atoms with Gasteiger partial charge in [-0.3, -0.25) is 9.59 Å². The molecule has 4 nitrogen and oxygen atoms in total. The highest BCUT2D eigenvalue weighted by atomic mass is 79.9. The smallest absolute Gasteiger partial charge is 0.331 e. The van der Waals surface area contributed by atoms with Gasteiger partial charge in [0.1, 0.15) is 6.04 Å². The lowest BCUT2D eigenvalue weighted by atomic mass is 10.1. The first-order chi connectivity index (χ1) is 10.2. The molecule has 0 radical (unpaired) electrons. The van der Waals surface area contributed by atoms with Crippen LogP contribution in [0.2, 0.25) is 0 Å². The van der Waals surface area contributed by atoms with E-state index in [1.165, 1.54) is 24.0 Å². The number of hydrogen-bond donors (Lipinski definition) is 1. The highest BCUT2D eigenvalue weighted by Gasteiger charge is 2.35. The van der Waals surface area contributed by atoms with Crippen LogP contribution in [-0.2, 0) is 15.8 Å². The molecule has 1 fully saturated rings. The molecule has 0 aromatic heterocycles. The summed E-state index contributed by atoms with van der Waals surface area (Å²) in [7, 11) is 0. The third-order valence-electron chi connectivity index (χ3n) is 3.50. The van der Waals surface area contributed by atoms with E-state index < -0.39 is 23.7 Å². The highest BCUT2D eigenvalue weighted by Crippen LogP contribution is 2.36. The van der Waals surface area contributed by atoms with E-state index in [9.17, 15) is 22.8 Å². The molecule has 1 atom stereocenters. The molecule has 1 aromatic rings. The average Bonchev–Trinajstić information content (AvgIpc) is 2.89. The zero-order valence-corrected chi connectivity index (χ0v) is 13.3. The molecule has 1 heterocycles.